The number of primary amides is 1. The van der Waals surface area contributed by atoms with Crippen molar-refractivity contribution in [3.05, 3.63) is 58.7 Å². The first-order chi connectivity index (χ1) is 12.4. The maximum Gasteiger partial charge on any atom is 0.278 e. The van der Waals surface area contributed by atoms with Crippen molar-refractivity contribution in [2.45, 2.75) is 20.4 Å². The number of hydrogen-bond acceptors (Lipinski definition) is 5. The Labute approximate surface area is 149 Å². The Morgan fingerprint density at radius 2 is 1.81 bits per heavy atom. The summed E-state index contributed by atoms with van der Waals surface area (Å²) in [7, 11) is 1.67. The van der Waals surface area contributed by atoms with Crippen LogP contribution in [0.25, 0.3) is 0 Å². The summed E-state index contributed by atoms with van der Waals surface area (Å²) in [6, 6.07) is 9.75. The average molecular weight is 353 g/mol. The van der Waals surface area contributed by atoms with E-state index < -0.39 is 11.8 Å². The number of carbonyl (C=O) groups is 2. The Hall–Kier alpha value is -3.49. The molecule has 9 heteroatoms. The monoisotopic (exact) mass is 353 g/mol. The van der Waals surface area contributed by atoms with E-state index in [9.17, 15) is 9.59 Å². The van der Waals surface area contributed by atoms with Gasteiger partial charge in [0.25, 0.3) is 11.8 Å². The van der Waals surface area contributed by atoms with Crippen molar-refractivity contribution in [3.8, 4) is 0 Å². The van der Waals surface area contributed by atoms with Crippen LogP contribution in [0.4, 0.5) is 5.69 Å². The quantitative estimate of drug-likeness (QED) is 0.709. The third-order valence-electron chi connectivity index (χ3n) is 4.18. The van der Waals surface area contributed by atoms with E-state index in [0.717, 1.165) is 5.56 Å². The van der Waals surface area contributed by atoms with Gasteiger partial charge >= 0.3 is 0 Å². The number of hydrogen-bond donors (Lipinski definition) is 2. The number of nitrogens with two attached hydrogens (primary N) is 1. The first-order valence-corrected chi connectivity index (χ1v) is 7.97. The third kappa shape index (κ3) is 3.18. The van der Waals surface area contributed by atoms with Gasteiger partial charge in [-0.05, 0) is 19.4 Å². The highest BCUT2D eigenvalue weighted by molar-refractivity contribution is 6.08. The summed E-state index contributed by atoms with van der Waals surface area (Å²) in [4.78, 5) is 24.2. The number of carbonyl (C=O) groups excluding carboxylic acids is 2. The number of nitrogens with one attached hydrogen (secondary N) is 1. The zero-order valence-corrected chi connectivity index (χ0v) is 14.7. The predicted octanol–water partition coefficient (Wildman–Crippen LogP) is 1.03. The second-order valence-electron chi connectivity index (χ2n) is 5.92. The van der Waals surface area contributed by atoms with E-state index in [1.54, 1.807) is 25.6 Å². The molecule has 9 nitrogen and oxygen atoms in total. The average Bonchev–Trinajstić information content (AvgIpc) is 3.11. The smallest absolute Gasteiger partial charge is 0.278 e. The molecule has 1 aromatic carbocycles. The van der Waals surface area contributed by atoms with E-state index in [-0.39, 0.29) is 17.1 Å². The van der Waals surface area contributed by atoms with Crippen molar-refractivity contribution in [2.24, 2.45) is 12.8 Å². The fourth-order valence-corrected chi connectivity index (χ4v) is 2.58. The zero-order chi connectivity index (χ0) is 18.8. The van der Waals surface area contributed by atoms with Crippen LogP contribution in [0.15, 0.2) is 30.3 Å². The zero-order valence-electron chi connectivity index (χ0n) is 14.7. The minimum absolute atomic E-state index is 0.00711. The molecule has 0 bridgehead atoms. The third-order valence-corrected chi connectivity index (χ3v) is 4.18. The molecule has 0 spiro atoms. The SMILES string of the molecule is Cc1c(NC(=O)c2nnn(Cc3ccccc3)c2C)c(C(N)=O)nn1C. The molecule has 3 N–H and O–H groups in total. The van der Waals surface area contributed by atoms with E-state index in [1.807, 2.05) is 30.3 Å². The van der Waals surface area contributed by atoms with Crippen molar-refractivity contribution >= 4 is 17.5 Å². The molecule has 0 atom stereocenters. The fraction of sp³-hybridized carbons (Fsp3) is 0.235. The highest BCUT2D eigenvalue weighted by Crippen LogP contribution is 2.20. The van der Waals surface area contributed by atoms with Gasteiger partial charge in [-0.1, -0.05) is 35.5 Å². The highest BCUT2D eigenvalue weighted by Gasteiger charge is 2.23. The van der Waals surface area contributed by atoms with Crippen molar-refractivity contribution < 1.29 is 9.59 Å². The summed E-state index contributed by atoms with van der Waals surface area (Å²) >= 11 is 0. The first kappa shape index (κ1) is 17.3. The molecule has 0 aliphatic carbocycles. The molecule has 0 saturated heterocycles. The van der Waals surface area contributed by atoms with Crippen LogP contribution < -0.4 is 11.1 Å². The molecule has 3 rings (SSSR count). The maximum atomic E-state index is 12.6. The lowest BCUT2D eigenvalue weighted by molar-refractivity contribution is 0.0995. The van der Waals surface area contributed by atoms with Gasteiger partial charge in [-0.15, -0.1) is 5.10 Å². The molecule has 2 aromatic heterocycles. The second kappa shape index (κ2) is 6.79. The Morgan fingerprint density at radius 3 is 2.46 bits per heavy atom. The summed E-state index contributed by atoms with van der Waals surface area (Å²) in [6.45, 7) is 4.00. The van der Waals surface area contributed by atoms with Gasteiger partial charge in [0.05, 0.1) is 23.6 Å². The summed E-state index contributed by atoms with van der Waals surface area (Å²) in [6.07, 6.45) is 0. The summed E-state index contributed by atoms with van der Waals surface area (Å²) < 4.78 is 3.13. The van der Waals surface area contributed by atoms with Crippen LogP contribution in [-0.4, -0.2) is 36.6 Å². The molecule has 0 radical (unpaired) electrons. The minimum Gasteiger partial charge on any atom is -0.364 e. The van der Waals surface area contributed by atoms with Crippen molar-refractivity contribution in [2.75, 3.05) is 5.32 Å². The number of aromatic nitrogens is 5. The molecule has 134 valence electrons. The van der Waals surface area contributed by atoms with Crippen molar-refractivity contribution in [1.29, 1.82) is 0 Å². The standard InChI is InChI=1S/C17H19N7O2/c1-10-13(15(16(18)25)21-23(10)3)19-17(26)14-11(2)24(22-20-14)9-12-7-5-4-6-8-12/h4-8H,9H2,1-3H3,(H2,18,25)(H,19,26). The van der Waals surface area contributed by atoms with Crippen molar-refractivity contribution in [3.63, 3.8) is 0 Å². The largest absolute Gasteiger partial charge is 0.364 e. The molecule has 0 aliphatic rings. The van der Waals surface area contributed by atoms with E-state index in [0.29, 0.717) is 17.9 Å². The molecule has 0 unspecified atom stereocenters. The van der Waals surface area contributed by atoms with E-state index in [2.05, 4.69) is 20.7 Å². The molecule has 2 heterocycles. The molecular formula is C17H19N7O2. The van der Waals surface area contributed by atoms with Crippen LogP contribution in [0.5, 0.6) is 0 Å². The summed E-state index contributed by atoms with van der Waals surface area (Å²) in [5, 5.41) is 14.7. The van der Waals surface area contributed by atoms with Gasteiger partial charge in [0.15, 0.2) is 11.4 Å². The number of benzene rings is 1. The number of nitrogens with zero attached hydrogens (tertiary/aromatic N) is 5. The van der Waals surface area contributed by atoms with Gasteiger partial charge in [-0.3, -0.25) is 14.3 Å². The maximum absolute atomic E-state index is 12.6. The Balaban J connectivity index is 1.85. The molecule has 0 fully saturated rings. The van der Waals surface area contributed by atoms with Gasteiger partial charge in [0.1, 0.15) is 0 Å². The van der Waals surface area contributed by atoms with Gasteiger partial charge in [0, 0.05) is 7.05 Å². The Kier molecular flexibility index (Phi) is 4.53. The van der Waals surface area contributed by atoms with Gasteiger partial charge < -0.3 is 11.1 Å². The van der Waals surface area contributed by atoms with E-state index in [1.165, 1.54) is 4.68 Å². The Bertz CT molecular complexity index is 973. The van der Waals surface area contributed by atoms with Gasteiger partial charge in [-0.2, -0.15) is 5.10 Å². The Morgan fingerprint density at radius 1 is 1.12 bits per heavy atom. The summed E-state index contributed by atoms with van der Waals surface area (Å²) in [5.41, 5.74) is 8.08. The van der Waals surface area contributed by atoms with Crippen molar-refractivity contribution in [1.82, 2.24) is 24.8 Å². The molecular weight excluding hydrogens is 334 g/mol. The minimum atomic E-state index is -0.714. The first-order valence-electron chi connectivity index (χ1n) is 7.97. The van der Waals surface area contributed by atoms with Crippen LogP contribution in [0.1, 0.15) is 37.9 Å². The lowest BCUT2D eigenvalue weighted by Gasteiger charge is -2.06. The highest BCUT2D eigenvalue weighted by atomic mass is 16.2. The normalized spacial score (nSPS) is 10.7. The van der Waals surface area contributed by atoms with E-state index in [4.69, 9.17) is 5.73 Å². The number of rotatable bonds is 5. The topological polar surface area (TPSA) is 121 Å². The lowest BCUT2D eigenvalue weighted by Crippen LogP contribution is -2.19. The second-order valence-corrected chi connectivity index (χ2v) is 5.92. The number of amides is 2. The van der Waals surface area contributed by atoms with Gasteiger partial charge in [-0.25, -0.2) is 4.68 Å². The number of aryl methyl sites for hydroxylation is 1. The summed E-state index contributed by atoms with van der Waals surface area (Å²) in [5.74, 6) is -1.19. The fourth-order valence-electron chi connectivity index (χ4n) is 2.58. The van der Waals surface area contributed by atoms with Crippen LogP contribution >= 0.6 is 0 Å². The molecule has 26 heavy (non-hydrogen) atoms. The molecule has 0 saturated carbocycles. The molecule has 0 aliphatic heterocycles. The van der Waals surface area contributed by atoms with Crippen LogP contribution in [0.3, 0.4) is 0 Å². The van der Waals surface area contributed by atoms with Crippen LogP contribution in [-0.2, 0) is 13.6 Å². The van der Waals surface area contributed by atoms with E-state index >= 15 is 0 Å². The number of anilines is 1. The molecule has 3 aromatic rings. The molecule has 2 amide bonds. The van der Waals surface area contributed by atoms with Crippen LogP contribution in [0, 0.1) is 13.8 Å². The predicted molar refractivity (Wildman–Crippen MR) is 94.7 cm³/mol. The van der Waals surface area contributed by atoms with Crippen LogP contribution in [0.2, 0.25) is 0 Å². The van der Waals surface area contributed by atoms with Gasteiger partial charge in [0.2, 0.25) is 0 Å². The lowest BCUT2D eigenvalue weighted by atomic mass is 10.2.